The number of nitrogens with one attached hydrogen (secondary N) is 1. The van der Waals surface area contributed by atoms with Gasteiger partial charge in [0.05, 0.1) is 0 Å². The molecule has 0 spiro atoms. The standard InChI is InChI=1S/C20H19N3O2/c1-14-7-6-10-17(15(14)2)23-20(24)18-11-19(22-13-21-18)25-12-16-8-4-3-5-9-16/h3-11,13H,12H2,1-2H3,(H,23,24). The molecule has 0 fully saturated rings. The summed E-state index contributed by atoms with van der Waals surface area (Å²) in [6.07, 6.45) is 1.33. The Kier molecular flexibility index (Phi) is 5.04. The first kappa shape index (κ1) is 16.6. The van der Waals surface area contributed by atoms with Crippen LogP contribution in [0.1, 0.15) is 27.2 Å². The van der Waals surface area contributed by atoms with Gasteiger partial charge in [0, 0.05) is 11.8 Å². The maximum absolute atomic E-state index is 12.4. The summed E-state index contributed by atoms with van der Waals surface area (Å²) < 4.78 is 5.64. The Morgan fingerprint density at radius 3 is 2.64 bits per heavy atom. The largest absolute Gasteiger partial charge is 0.473 e. The topological polar surface area (TPSA) is 64.1 Å². The molecule has 5 nitrogen and oxygen atoms in total. The van der Waals surface area contributed by atoms with E-state index in [9.17, 15) is 4.79 Å². The highest BCUT2D eigenvalue weighted by molar-refractivity contribution is 6.03. The molecule has 0 saturated heterocycles. The van der Waals surface area contributed by atoms with Gasteiger partial charge in [-0.1, -0.05) is 42.5 Å². The van der Waals surface area contributed by atoms with E-state index in [2.05, 4.69) is 15.3 Å². The van der Waals surface area contributed by atoms with E-state index < -0.39 is 0 Å². The first-order chi connectivity index (χ1) is 12.1. The molecule has 1 heterocycles. The molecular weight excluding hydrogens is 314 g/mol. The Hall–Kier alpha value is -3.21. The summed E-state index contributed by atoms with van der Waals surface area (Å²) in [4.78, 5) is 20.5. The summed E-state index contributed by atoms with van der Waals surface area (Å²) in [5, 5.41) is 2.88. The van der Waals surface area contributed by atoms with Gasteiger partial charge in [0.1, 0.15) is 18.6 Å². The van der Waals surface area contributed by atoms with Crippen LogP contribution in [0.2, 0.25) is 0 Å². The van der Waals surface area contributed by atoms with Crippen LogP contribution < -0.4 is 10.1 Å². The molecule has 126 valence electrons. The third-order valence-corrected chi connectivity index (χ3v) is 3.96. The number of hydrogen-bond donors (Lipinski definition) is 1. The zero-order valence-electron chi connectivity index (χ0n) is 14.2. The molecule has 0 unspecified atom stereocenters. The number of anilines is 1. The van der Waals surface area contributed by atoms with Crippen LogP contribution in [0.15, 0.2) is 60.9 Å². The van der Waals surface area contributed by atoms with Gasteiger partial charge in [0.25, 0.3) is 5.91 Å². The quantitative estimate of drug-likeness (QED) is 0.768. The molecular formula is C20H19N3O2. The van der Waals surface area contributed by atoms with Crippen molar-refractivity contribution in [2.45, 2.75) is 20.5 Å². The fraction of sp³-hybridized carbons (Fsp3) is 0.150. The van der Waals surface area contributed by atoms with Crippen molar-refractivity contribution >= 4 is 11.6 Å². The predicted molar refractivity (Wildman–Crippen MR) is 96.7 cm³/mol. The number of nitrogens with zero attached hydrogens (tertiary/aromatic N) is 2. The average molecular weight is 333 g/mol. The third kappa shape index (κ3) is 4.20. The minimum atomic E-state index is -0.291. The van der Waals surface area contributed by atoms with Crippen molar-refractivity contribution in [2.75, 3.05) is 5.32 Å². The number of amides is 1. The van der Waals surface area contributed by atoms with Crippen molar-refractivity contribution in [1.29, 1.82) is 0 Å². The molecule has 3 rings (SSSR count). The Balaban J connectivity index is 1.70. The van der Waals surface area contributed by atoms with E-state index in [4.69, 9.17) is 4.74 Å². The predicted octanol–water partition coefficient (Wildman–Crippen LogP) is 3.92. The molecule has 2 aromatic carbocycles. The van der Waals surface area contributed by atoms with Crippen molar-refractivity contribution in [1.82, 2.24) is 9.97 Å². The van der Waals surface area contributed by atoms with Gasteiger partial charge in [0.15, 0.2) is 0 Å². The molecule has 0 aliphatic heterocycles. The summed E-state index contributed by atoms with van der Waals surface area (Å²) in [6.45, 7) is 4.36. The number of carbonyl (C=O) groups is 1. The van der Waals surface area contributed by atoms with Gasteiger partial charge < -0.3 is 10.1 Å². The lowest BCUT2D eigenvalue weighted by Gasteiger charge is -2.10. The Morgan fingerprint density at radius 1 is 1.04 bits per heavy atom. The second kappa shape index (κ2) is 7.57. The zero-order chi connectivity index (χ0) is 17.6. The summed E-state index contributed by atoms with van der Waals surface area (Å²) in [7, 11) is 0. The highest BCUT2D eigenvalue weighted by atomic mass is 16.5. The maximum Gasteiger partial charge on any atom is 0.274 e. The maximum atomic E-state index is 12.4. The smallest absolute Gasteiger partial charge is 0.274 e. The van der Waals surface area contributed by atoms with Crippen LogP contribution in [-0.4, -0.2) is 15.9 Å². The van der Waals surface area contributed by atoms with Crippen LogP contribution in [0.25, 0.3) is 0 Å². The van der Waals surface area contributed by atoms with Crippen molar-refractivity contribution in [2.24, 2.45) is 0 Å². The molecule has 1 amide bonds. The van der Waals surface area contributed by atoms with Gasteiger partial charge in [-0.25, -0.2) is 9.97 Å². The van der Waals surface area contributed by atoms with E-state index in [1.165, 1.54) is 6.33 Å². The second-order valence-electron chi connectivity index (χ2n) is 5.72. The van der Waals surface area contributed by atoms with E-state index in [0.717, 1.165) is 22.4 Å². The highest BCUT2D eigenvalue weighted by Gasteiger charge is 2.11. The van der Waals surface area contributed by atoms with E-state index in [1.807, 2.05) is 62.4 Å². The molecule has 0 aliphatic carbocycles. The number of aryl methyl sites for hydroxylation is 1. The van der Waals surface area contributed by atoms with Crippen LogP contribution >= 0.6 is 0 Å². The SMILES string of the molecule is Cc1cccc(NC(=O)c2cc(OCc3ccccc3)ncn2)c1C. The molecule has 1 N–H and O–H groups in total. The summed E-state index contributed by atoms with van der Waals surface area (Å²) in [6, 6.07) is 17.1. The van der Waals surface area contributed by atoms with Crippen LogP contribution in [-0.2, 0) is 6.61 Å². The molecule has 0 bridgehead atoms. The number of ether oxygens (including phenoxy) is 1. The lowest BCUT2D eigenvalue weighted by Crippen LogP contribution is -2.15. The van der Waals surface area contributed by atoms with Crippen LogP contribution in [0.4, 0.5) is 5.69 Å². The molecule has 1 aromatic heterocycles. The van der Waals surface area contributed by atoms with E-state index in [-0.39, 0.29) is 11.6 Å². The van der Waals surface area contributed by atoms with Gasteiger partial charge in [0.2, 0.25) is 5.88 Å². The highest BCUT2D eigenvalue weighted by Crippen LogP contribution is 2.19. The lowest BCUT2D eigenvalue weighted by molar-refractivity contribution is 0.102. The van der Waals surface area contributed by atoms with Crippen molar-refractivity contribution < 1.29 is 9.53 Å². The summed E-state index contributed by atoms with van der Waals surface area (Å²) >= 11 is 0. The molecule has 0 atom stereocenters. The molecule has 0 saturated carbocycles. The van der Waals surface area contributed by atoms with Crippen LogP contribution in [0.5, 0.6) is 5.88 Å². The third-order valence-electron chi connectivity index (χ3n) is 3.96. The minimum absolute atomic E-state index is 0.263. The van der Waals surface area contributed by atoms with E-state index in [1.54, 1.807) is 6.07 Å². The number of hydrogen-bond acceptors (Lipinski definition) is 4. The Morgan fingerprint density at radius 2 is 1.84 bits per heavy atom. The number of rotatable bonds is 5. The zero-order valence-corrected chi connectivity index (χ0v) is 14.2. The molecule has 3 aromatic rings. The van der Waals surface area contributed by atoms with Crippen LogP contribution in [0, 0.1) is 13.8 Å². The first-order valence-corrected chi connectivity index (χ1v) is 8.00. The molecule has 0 radical (unpaired) electrons. The minimum Gasteiger partial charge on any atom is -0.473 e. The summed E-state index contributed by atoms with van der Waals surface area (Å²) in [5.74, 6) is 0.0747. The summed E-state index contributed by atoms with van der Waals surface area (Å²) in [5.41, 5.74) is 4.22. The van der Waals surface area contributed by atoms with Crippen molar-refractivity contribution in [3.63, 3.8) is 0 Å². The Labute approximate surface area is 146 Å². The Bertz CT molecular complexity index is 879. The van der Waals surface area contributed by atoms with Gasteiger partial charge >= 0.3 is 0 Å². The second-order valence-corrected chi connectivity index (χ2v) is 5.72. The number of carbonyl (C=O) groups excluding carboxylic acids is 1. The van der Waals surface area contributed by atoms with Gasteiger partial charge in [-0.05, 0) is 36.6 Å². The monoisotopic (exact) mass is 333 g/mol. The molecule has 0 aliphatic rings. The van der Waals surface area contributed by atoms with Gasteiger partial charge in [-0.2, -0.15) is 0 Å². The van der Waals surface area contributed by atoms with E-state index in [0.29, 0.717) is 12.5 Å². The fourth-order valence-corrected chi connectivity index (χ4v) is 2.35. The lowest BCUT2D eigenvalue weighted by atomic mass is 10.1. The molecule has 25 heavy (non-hydrogen) atoms. The van der Waals surface area contributed by atoms with Crippen molar-refractivity contribution in [3.8, 4) is 5.88 Å². The normalized spacial score (nSPS) is 10.3. The average Bonchev–Trinajstić information content (AvgIpc) is 2.65. The van der Waals surface area contributed by atoms with Crippen molar-refractivity contribution in [3.05, 3.63) is 83.3 Å². The molecule has 5 heteroatoms. The van der Waals surface area contributed by atoms with Gasteiger partial charge in [-0.15, -0.1) is 0 Å². The number of aromatic nitrogens is 2. The van der Waals surface area contributed by atoms with E-state index >= 15 is 0 Å². The fourth-order valence-electron chi connectivity index (χ4n) is 2.35. The number of benzene rings is 2. The first-order valence-electron chi connectivity index (χ1n) is 8.00. The van der Waals surface area contributed by atoms with Crippen LogP contribution in [0.3, 0.4) is 0 Å². The van der Waals surface area contributed by atoms with Gasteiger partial charge in [-0.3, -0.25) is 4.79 Å².